The smallest absolute Gasteiger partial charge is 0.0367 e. The summed E-state index contributed by atoms with van der Waals surface area (Å²) in [6, 6.07) is 26.2. The van der Waals surface area contributed by atoms with E-state index in [1.807, 2.05) is 36.9 Å². The van der Waals surface area contributed by atoms with Crippen LogP contribution >= 0.6 is 0 Å². The summed E-state index contributed by atoms with van der Waals surface area (Å²) in [5, 5.41) is 3.42. The number of aromatic nitrogens is 2. The van der Waals surface area contributed by atoms with Gasteiger partial charge in [-0.05, 0) is 58.5 Å². The van der Waals surface area contributed by atoms with E-state index in [4.69, 9.17) is 0 Å². The first kappa shape index (κ1) is 20.4. The minimum Gasteiger partial charge on any atom is -0.369 e. The number of rotatable bonds is 6. The summed E-state index contributed by atoms with van der Waals surface area (Å²) in [5.41, 5.74) is 7.61. The number of benzene rings is 2. The van der Waals surface area contributed by atoms with Gasteiger partial charge < -0.3 is 10.2 Å². The molecule has 1 fully saturated rings. The summed E-state index contributed by atoms with van der Waals surface area (Å²) in [4.78, 5) is 11.2. The molecule has 0 radical (unpaired) electrons. The van der Waals surface area contributed by atoms with E-state index in [9.17, 15) is 0 Å². The number of pyridine rings is 2. The van der Waals surface area contributed by atoms with Crippen molar-refractivity contribution in [2.24, 2.45) is 0 Å². The topological polar surface area (TPSA) is 41.1 Å². The molecule has 1 aliphatic heterocycles. The average molecular weight is 421 g/mol. The van der Waals surface area contributed by atoms with Crippen molar-refractivity contribution in [2.75, 3.05) is 31.1 Å². The van der Waals surface area contributed by atoms with Gasteiger partial charge in [0.05, 0.1) is 0 Å². The van der Waals surface area contributed by atoms with Crippen LogP contribution in [0.25, 0.3) is 11.1 Å². The fraction of sp³-hybridized carbons (Fsp3) is 0.214. The van der Waals surface area contributed by atoms with Crippen molar-refractivity contribution in [1.29, 1.82) is 0 Å². The van der Waals surface area contributed by atoms with Gasteiger partial charge in [-0.3, -0.25) is 9.97 Å². The summed E-state index contributed by atoms with van der Waals surface area (Å²) in [6.07, 6.45) is 8.51. The van der Waals surface area contributed by atoms with Gasteiger partial charge in [0.25, 0.3) is 0 Å². The maximum Gasteiger partial charge on any atom is 0.0367 e. The number of hydrogen-bond donors (Lipinski definition) is 1. The lowest BCUT2D eigenvalue weighted by Gasteiger charge is -2.29. The van der Waals surface area contributed by atoms with E-state index in [2.05, 4.69) is 80.8 Å². The summed E-state index contributed by atoms with van der Waals surface area (Å²) < 4.78 is 0. The van der Waals surface area contributed by atoms with E-state index >= 15 is 0 Å². The highest BCUT2D eigenvalue weighted by atomic mass is 15.2. The summed E-state index contributed by atoms with van der Waals surface area (Å²) >= 11 is 0. The highest BCUT2D eigenvalue weighted by Crippen LogP contribution is 2.33. The highest BCUT2D eigenvalue weighted by Gasteiger charge is 2.18. The van der Waals surface area contributed by atoms with Crippen molar-refractivity contribution in [3.8, 4) is 11.1 Å². The third-order valence-electron chi connectivity index (χ3n) is 6.28. The molecule has 4 heteroatoms. The van der Waals surface area contributed by atoms with Gasteiger partial charge in [0.1, 0.15) is 0 Å². The zero-order valence-corrected chi connectivity index (χ0v) is 18.2. The molecule has 0 bridgehead atoms. The molecule has 2 aromatic carbocycles. The molecular formula is C28H28N4. The molecular weight excluding hydrogens is 392 g/mol. The standard InChI is InChI=1S/C28H28N4/c1-2-8-27(22-9-11-26(12-10-22)32-17-15-29-16-18-32)23(5-1)19-28(24-6-3-13-30-20-24)25-7-4-14-31-21-25/h1-14,20-21,28-29H,15-19H2. The summed E-state index contributed by atoms with van der Waals surface area (Å²) in [6.45, 7) is 4.23. The Labute approximate surface area is 190 Å². The van der Waals surface area contributed by atoms with Crippen LogP contribution in [0.3, 0.4) is 0 Å². The van der Waals surface area contributed by atoms with Crippen molar-refractivity contribution in [1.82, 2.24) is 15.3 Å². The van der Waals surface area contributed by atoms with Gasteiger partial charge in [-0.25, -0.2) is 0 Å². The average Bonchev–Trinajstić information content (AvgIpc) is 2.89. The second-order valence-corrected chi connectivity index (χ2v) is 8.27. The molecule has 0 saturated carbocycles. The SMILES string of the molecule is c1cncc(C(Cc2ccccc2-c2ccc(N3CCNCC3)cc2)c2cccnc2)c1. The van der Waals surface area contributed by atoms with Crippen LogP contribution in [-0.4, -0.2) is 36.1 Å². The number of hydrogen-bond acceptors (Lipinski definition) is 4. The van der Waals surface area contributed by atoms with Crippen molar-refractivity contribution < 1.29 is 0 Å². The van der Waals surface area contributed by atoms with E-state index in [1.165, 1.54) is 33.5 Å². The van der Waals surface area contributed by atoms with Crippen LogP contribution in [-0.2, 0) is 6.42 Å². The van der Waals surface area contributed by atoms with Gasteiger partial charge in [0.2, 0.25) is 0 Å². The van der Waals surface area contributed by atoms with E-state index in [-0.39, 0.29) is 5.92 Å². The largest absolute Gasteiger partial charge is 0.369 e. The molecule has 5 rings (SSSR count). The Morgan fingerprint density at radius 3 is 2.03 bits per heavy atom. The number of piperazine rings is 1. The maximum atomic E-state index is 4.38. The Morgan fingerprint density at radius 1 is 0.750 bits per heavy atom. The van der Waals surface area contributed by atoms with Crippen LogP contribution in [0.1, 0.15) is 22.6 Å². The molecule has 1 saturated heterocycles. The normalized spacial score (nSPS) is 14.0. The molecule has 3 heterocycles. The quantitative estimate of drug-likeness (QED) is 0.480. The van der Waals surface area contributed by atoms with Gasteiger partial charge >= 0.3 is 0 Å². The Balaban J connectivity index is 1.46. The Bertz CT molecular complexity index is 1080. The van der Waals surface area contributed by atoms with Gasteiger partial charge in [-0.2, -0.15) is 0 Å². The minimum absolute atomic E-state index is 0.207. The molecule has 1 aliphatic rings. The first-order valence-electron chi connectivity index (χ1n) is 11.3. The minimum atomic E-state index is 0.207. The second kappa shape index (κ2) is 9.75. The predicted molar refractivity (Wildman–Crippen MR) is 131 cm³/mol. The molecule has 4 nitrogen and oxygen atoms in total. The summed E-state index contributed by atoms with van der Waals surface area (Å²) in [7, 11) is 0. The molecule has 2 aromatic heterocycles. The lowest BCUT2D eigenvalue weighted by molar-refractivity contribution is 0.589. The zero-order chi connectivity index (χ0) is 21.6. The van der Waals surface area contributed by atoms with Gasteiger partial charge in [-0.1, -0.05) is 48.5 Å². The Morgan fingerprint density at radius 2 is 1.41 bits per heavy atom. The summed E-state index contributed by atoms with van der Waals surface area (Å²) in [5.74, 6) is 0.207. The van der Waals surface area contributed by atoms with Crippen LogP contribution in [0.5, 0.6) is 0 Å². The lowest BCUT2D eigenvalue weighted by atomic mass is 9.85. The molecule has 4 aromatic rings. The number of anilines is 1. The Kier molecular flexibility index (Phi) is 6.22. The maximum absolute atomic E-state index is 4.38. The van der Waals surface area contributed by atoms with Gasteiger partial charge in [0.15, 0.2) is 0 Å². The first-order valence-corrected chi connectivity index (χ1v) is 11.3. The monoisotopic (exact) mass is 420 g/mol. The molecule has 160 valence electrons. The molecule has 0 spiro atoms. The van der Waals surface area contributed by atoms with Crippen LogP contribution in [0.15, 0.2) is 97.6 Å². The number of nitrogens with zero attached hydrogens (tertiary/aromatic N) is 3. The highest BCUT2D eigenvalue weighted by molar-refractivity contribution is 5.70. The predicted octanol–water partition coefficient (Wildman–Crippen LogP) is 4.93. The molecule has 0 atom stereocenters. The van der Waals surface area contributed by atoms with Crippen LogP contribution < -0.4 is 10.2 Å². The molecule has 0 aliphatic carbocycles. The fourth-order valence-corrected chi connectivity index (χ4v) is 4.57. The van der Waals surface area contributed by atoms with E-state index in [1.54, 1.807) is 0 Å². The third kappa shape index (κ3) is 4.56. The third-order valence-corrected chi connectivity index (χ3v) is 6.28. The molecule has 32 heavy (non-hydrogen) atoms. The van der Waals surface area contributed by atoms with E-state index in [0.29, 0.717) is 0 Å². The van der Waals surface area contributed by atoms with E-state index in [0.717, 1.165) is 32.6 Å². The Hall–Kier alpha value is -3.50. The van der Waals surface area contributed by atoms with Crippen molar-refractivity contribution >= 4 is 5.69 Å². The first-order chi connectivity index (χ1) is 15.9. The van der Waals surface area contributed by atoms with Crippen molar-refractivity contribution in [3.63, 3.8) is 0 Å². The lowest BCUT2D eigenvalue weighted by Crippen LogP contribution is -2.43. The second-order valence-electron chi connectivity index (χ2n) is 8.27. The van der Waals surface area contributed by atoms with Gasteiger partial charge in [0, 0.05) is 62.6 Å². The van der Waals surface area contributed by atoms with Crippen molar-refractivity contribution in [2.45, 2.75) is 12.3 Å². The van der Waals surface area contributed by atoms with E-state index < -0.39 is 0 Å². The van der Waals surface area contributed by atoms with Crippen LogP contribution in [0.2, 0.25) is 0 Å². The van der Waals surface area contributed by atoms with Crippen molar-refractivity contribution in [3.05, 3.63) is 114 Å². The fourth-order valence-electron chi connectivity index (χ4n) is 4.57. The number of nitrogens with one attached hydrogen (secondary N) is 1. The van der Waals surface area contributed by atoms with Gasteiger partial charge in [-0.15, -0.1) is 0 Å². The molecule has 1 N–H and O–H groups in total. The zero-order valence-electron chi connectivity index (χ0n) is 18.2. The van der Waals surface area contributed by atoms with Crippen LogP contribution in [0.4, 0.5) is 5.69 Å². The van der Waals surface area contributed by atoms with Crippen LogP contribution in [0, 0.1) is 0 Å². The molecule has 0 unspecified atom stereocenters. The molecule has 0 amide bonds.